The Labute approximate surface area is 155 Å². The number of aromatic amines is 1. The Bertz CT molecular complexity index is 826. The molecule has 0 aromatic carbocycles. The highest BCUT2D eigenvalue weighted by molar-refractivity contribution is 8.00. The van der Waals surface area contributed by atoms with Gasteiger partial charge in [0.1, 0.15) is 0 Å². The molecule has 2 aromatic rings. The molecule has 1 aliphatic rings. The van der Waals surface area contributed by atoms with Crippen molar-refractivity contribution in [1.29, 1.82) is 0 Å². The van der Waals surface area contributed by atoms with Crippen molar-refractivity contribution in [2.24, 2.45) is 5.92 Å². The van der Waals surface area contributed by atoms with Gasteiger partial charge in [0.05, 0.1) is 5.25 Å². The number of amides is 1. The van der Waals surface area contributed by atoms with Crippen molar-refractivity contribution in [3.05, 3.63) is 33.8 Å². The van der Waals surface area contributed by atoms with Crippen LogP contribution >= 0.6 is 11.8 Å². The molecule has 3 rings (SSSR count). The maximum absolute atomic E-state index is 12.7. The smallest absolute Gasteiger partial charge is 0.251 e. The monoisotopic (exact) mass is 377 g/mol. The maximum atomic E-state index is 12.7. The van der Waals surface area contributed by atoms with Gasteiger partial charge in [-0.1, -0.05) is 16.9 Å². The van der Waals surface area contributed by atoms with Gasteiger partial charge in [-0.15, -0.1) is 0 Å². The molecule has 0 spiro atoms. The summed E-state index contributed by atoms with van der Waals surface area (Å²) >= 11 is 1.29. The Balaban J connectivity index is 1.51. The van der Waals surface area contributed by atoms with Crippen LogP contribution in [-0.2, 0) is 11.2 Å². The van der Waals surface area contributed by atoms with Gasteiger partial charge in [-0.3, -0.25) is 9.59 Å². The van der Waals surface area contributed by atoms with Crippen molar-refractivity contribution >= 4 is 17.7 Å². The molecule has 1 N–H and O–H groups in total. The van der Waals surface area contributed by atoms with Crippen molar-refractivity contribution in [3.63, 3.8) is 0 Å². The summed E-state index contributed by atoms with van der Waals surface area (Å²) in [5, 5.41) is 4.14. The van der Waals surface area contributed by atoms with E-state index in [1.54, 1.807) is 13.8 Å². The quantitative estimate of drug-likeness (QED) is 0.625. The summed E-state index contributed by atoms with van der Waals surface area (Å²) in [6.07, 6.45) is 2.64. The second kappa shape index (κ2) is 8.03. The molecule has 2 aromatic heterocycles. The maximum Gasteiger partial charge on any atom is 0.251 e. The number of nitrogens with one attached hydrogen (secondary N) is 1. The van der Waals surface area contributed by atoms with E-state index in [2.05, 4.69) is 20.1 Å². The molecule has 140 valence electrons. The molecule has 1 fully saturated rings. The van der Waals surface area contributed by atoms with Gasteiger partial charge in [0.15, 0.2) is 11.0 Å². The van der Waals surface area contributed by atoms with Crippen LogP contribution in [0.5, 0.6) is 0 Å². The predicted molar refractivity (Wildman–Crippen MR) is 97.0 cm³/mol. The van der Waals surface area contributed by atoms with Crippen molar-refractivity contribution in [3.8, 4) is 0 Å². The van der Waals surface area contributed by atoms with E-state index in [1.165, 1.54) is 17.8 Å². The average Bonchev–Trinajstić information content (AvgIpc) is 2.99. The SMILES string of the molecule is Cc1cc(=O)[nH]c(S[C@@H](C)C(=O)N2CCC(Cc3noc(C)n3)CC2)n1. The zero-order chi connectivity index (χ0) is 18.7. The highest BCUT2D eigenvalue weighted by Crippen LogP contribution is 2.25. The number of H-pyrrole nitrogens is 1. The van der Waals surface area contributed by atoms with Gasteiger partial charge in [0, 0.05) is 38.2 Å². The molecule has 0 aliphatic carbocycles. The van der Waals surface area contributed by atoms with Crippen molar-refractivity contribution in [2.75, 3.05) is 13.1 Å². The van der Waals surface area contributed by atoms with Crippen molar-refractivity contribution in [1.82, 2.24) is 25.0 Å². The summed E-state index contributed by atoms with van der Waals surface area (Å²) in [5.74, 6) is 1.87. The first-order valence-corrected chi connectivity index (χ1v) is 9.61. The lowest BCUT2D eigenvalue weighted by Crippen LogP contribution is -2.42. The largest absolute Gasteiger partial charge is 0.342 e. The van der Waals surface area contributed by atoms with E-state index in [0.717, 1.165) is 38.2 Å². The van der Waals surface area contributed by atoms with Crippen molar-refractivity contribution < 1.29 is 9.32 Å². The van der Waals surface area contributed by atoms with Crippen LogP contribution in [0.4, 0.5) is 0 Å². The number of aromatic nitrogens is 4. The van der Waals surface area contributed by atoms with Crippen LogP contribution < -0.4 is 5.56 Å². The van der Waals surface area contributed by atoms with Crippen LogP contribution in [0.1, 0.15) is 37.2 Å². The molecule has 3 heterocycles. The molecule has 9 heteroatoms. The molecule has 1 amide bonds. The molecule has 8 nitrogen and oxygen atoms in total. The number of rotatable bonds is 5. The highest BCUT2D eigenvalue weighted by atomic mass is 32.2. The zero-order valence-electron chi connectivity index (χ0n) is 15.2. The Morgan fingerprint density at radius 1 is 1.38 bits per heavy atom. The first-order valence-electron chi connectivity index (χ1n) is 8.73. The molecule has 0 radical (unpaired) electrons. The summed E-state index contributed by atoms with van der Waals surface area (Å²) < 4.78 is 5.01. The van der Waals surface area contributed by atoms with E-state index in [4.69, 9.17) is 4.52 Å². The lowest BCUT2D eigenvalue weighted by atomic mass is 9.93. The van der Waals surface area contributed by atoms with Crippen molar-refractivity contribution in [2.45, 2.75) is 50.4 Å². The first-order chi connectivity index (χ1) is 12.4. The molecular weight excluding hydrogens is 354 g/mol. The third-order valence-electron chi connectivity index (χ3n) is 4.45. The standard InChI is InChI=1S/C17H23N5O3S/c1-10-8-15(23)20-17(18-10)26-11(2)16(24)22-6-4-13(5-7-22)9-14-19-12(3)25-21-14/h8,11,13H,4-7,9H2,1-3H3,(H,18,20,23)/t11-/m0/s1. The Morgan fingerprint density at radius 2 is 2.12 bits per heavy atom. The number of piperidine rings is 1. The number of carbonyl (C=O) groups excluding carboxylic acids is 1. The minimum absolute atomic E-state index is 0.0769. The Kier molecular flexibility index (Phi) is 5.75. The fourth-order valence-corrected chi connectivity index (χ4v) is 4.06. The van der Waals surface area contributed by atoms with E-state index in [1.807, 2.05) is 11.8 Å². The van der Waals surface area contributed by atoms with Gasteiger partial charge in [-0.05, 0) is 32.6 Å². The van der Waals surface area contributed by atoms with Gasteiger partial charge in [-0.25, -0.2) is 4.98 Å². The average molecular weight is 377 g/mol. The molecule has 1 atom stereocenters. The second-order valence-electron chi connectivity index (χ2n) is 6.65. The first kappa shape index (κ1) is 18.6. The van der Waals surface area contributed by atoms with Crippen LogP contribution in [0.25, 0.3) is 0 Å². The molecule has 0 unspecified atom stereocenters. The summed E-state index contributed by atoms with van der Waals surface area (Å²) in [7, 11) is 0. The molecule has 1 saturated heterocycles. The number of carbonyl (C=O) groups is 1. The van der Waals surface area contributed by atoms with Gasteiger partial charge < -0.3 is 14.4 Å². The van der Waals surface area contributed by atoms with Gasteiger partial charge in [0.25, 0.3) is 5.56 Å². The minimum Gasteiger partial charge on any atom is -0.342 e. The topological polar surface area (TPSA) is 105 Å². The number of thioether (sulfide) groups is 1. The van der Waals surface area contributed by atoms with E-state index in [-0.39, 0.29) is 16.7 Å². The van der Waals surface area contributed by atoms with E-state index in [9.17, 15) is 9.59 Å². The number of nitrogens with zero attached hydrogens (tertiary/aromatic N) is 4. The van der Waals surface area contributed by atoms with Crippen LogP contribution in [0.15, 0.2) is 20.5 Å². The minimum atomic E-state index is -0.295. The van der Waals surface area contributed by atoms with E-state index < -0.39 is 0 Å². The number of aryl methyl sites for hydroxylation is 2. The van der Waals surface area contributed by atoms with Gasteiger partial charge in [-0.2, -0.15) is 4.98 Å². The fourth-order valence-electron chi connectivity index (χ4n) is 3.12. The predicted octanol–water partition coefficient (Wildman–Crippen LogP) is 1.73. The van der Waals surface area contributed by atoms with Gasteiger partial charge in [0.2, 0.25) is 11.8 Å². The molecule has 26 heavy (non-hydrogen) atoms. The fraction of sp³-hybridized carbons (Fsp3) is 0.588. The van der Waals surface area contributed by atoms with E-state index >= 15 is 0 Å². The van der Waals surface area contributed by atoms with Crippen LogP contribution in [-0.4, -0.2) is 49.3 Å². The lowest BCUT2D eigenvalue weighted by molar-refractivity contribution is -0.131. The van der Waals surface area contributed by atoms with E-state index in [0.29, 0.717) is 22.7 Å². The third-order valence-corrected chi connectivity index (χ3v) is 5.42. The van der Waals surface area contributed by atoms with Crippen LogP contribution in [0.3, 0.4) is 0 Å². The molecular formula is C17H23N5O3S. The third kappa shape index (κ3) is 4.72. The number of likely N-dealkylation sites (tertiary alicyclic amines) is 1. The normalized spacial score (nSPS) is 16.7. The summed E-state index contributed by atoms with van der Waals surface area (Å²) in [6.45, 7) is 6.85. The summed E-state index contributed by atoms with van der Waals surface area (Å²) in [5.41, 5.74) is 0.450. The number of hydrogen-bond donors (Lipinski definition) is 1. The second-order valence-corrected chi connectivity index (χ2v) is 7.98. The van der Waals surface area contributed by atoms with Crippen LogP contribution in [0.2, 0.25) is 0 Å². The molecule has 0 saturated carbocycles. The Morgan fingerprint density at radius 3 is 2.73 bits per heavy atom. The molecule has 1 aliphatic heterocycles. The summed E-state index contributed by atoms with van der Waals surface area (Å²) in [6, 6.07) is 1.44. The highest BCUT2D eigenvalue weighted by Gasteiger charge is 2.27. The zero-order valence-corrected chi connectivity index (χ0v) is 16.0. The number of hydrogen-bond acceptors (Lipinski definition) is 7. The Hall–Kier alpha value is -2.16. The van der Waals surface area contributed by atoms with Crippen LogP contribution in [0, 0.1) is 19.8 Å². The summed E-state index contributed by atoms with van der Waals surface area (Å²) in [4.78, 5) is 37.3. The molecule has 0 bridgehead atoms. The lowest BCUT2D eigenvalue weighted by Gasteiger charge is -2.33. The van der Waals surface area contributed by atoms with Gasteiger partial charge >= 0.3 is 0 Å².